The monoisotopic (exact) mass is 395 g/mol. The number of hydrogen-bond donors (Lipinski definition) is 1. The Morgan fingerprint density at radius 1 is 1.29 bits per heavy atom. The highest BCUT2D eigenvalue weighted by molar-refractivity contribution is 7.99. The van der Waals surface area contributed by atoms with Gasteiger partial charge in [0.25, 0.3) is 5.91 Å². The fraction of sp³-hybridized carbons (Fsp3) is 0.214. The van der Waals surface area contributed by atoms with E-state index in [1.165, 1.54) is 18.0 Å². The van der Waals surface area contributed by atoms with E-state index >= 15 is 0 Å². The van der Waals surface area contributed by atoms with Crippen LogP contribution in [-0.4, -0.2) is 21.6 Å². The number of alkyl halides is 3. The molecular weight excluding hydrogens is 386 g/mol. The predicted octanol–water partition coefficient (Wildman–Crippen LogP) is 5.17. The number of aromatic nitrogens is 2. The zero-order chi connectivity index (χ0) is 17.9. The molecule has 10 heteroatoms. The second-order valence-electron chi connectivity index (χ2n) is 4.43. The van der Waals surface area contributed by atoms with Crippen molar-refractivity contribution >= 4 is 46.6 Å². The zero-order valence-electron chi connectivity index (χ0n) is 12.1. The lowest BCUT2D eigenvalue weighted by atomic mass is 10.2. The van der Waals surface area contributed by atoms with E-state index in [-0.39, 0.29) is 21.4 Å². The first kappa shape index (κ1) is 18.8. The number of hydrogen-bond acceptors (Lipinski definition) is 4. The van der Waals surface area contributed by atoms with Gasteiger partial charge in [0, 0.05) is 0 Å². The molecule has 1 amide bonds. The molecule has 0 bridgehead atoms. The number of anilines is 1. The van der Waals surface area contributed by atoms with Crippen LogP contribution in [0.5, 0.6) is 0 Å². The van der Waals surface area contributed by atoms with Crippen LogP contribution in [0.4, 0.5) is 18.9 Å². The third-order valence-electron chi connectivity index (χ3n) is 2.75. The molecule has 0 fully saturated rings. The van der Waals surface area contributed by atoms with E-state index < -0.39 is 17.6 Å². The zero-order valence-corrected chi connectivity index (χ0v) is 14.4. The number of amides is 1. The summed E-state index contributed by atoms with van der Waals surface area (Å²) in [7, 11) is 0. The van der Waals surface area contributed by atoms with Crippen molar-refractivity contribution < 1.29 is 18.0 Å². The van der Waals surface area contributed by atoms with E-state index in [4.69, 9.17) is 23.2 Å². The fourth-order valence-electron chi connectivity index (χ4n) is 1.69. The van der Waals surface area contributed by atoms with Crippen molar-refractivity contribution in [1.29, 1.82) is 0 Å². The van der Waals surface area contributed by atoms with Crippen molar-refractivity contribution in [3.63, 3.8) is 0 Å². The number of halogens is 5. The Bertz CT molecular complexity index is 771. The molecule has 4 nitrogen and oxygen atoms in total. The third kappa shape index (κ3) is 4.52. The van der Waals surface area contributed by atoms with Crippen LogP contribution >= 0.6 is 35.0 Å². The molecule has 2 rings (SSSR count). The number of benzene rings is 1. The van der Waals surface area contributed by atoms with Crippen LogP contribution in [-0.2, 0) is 6.18 Å². The molecule has 0 aliphatic rings. The first-order valence-corrected chi connectivity index (χ1v) is 8.30. The Morgan fingerprint density at radius 3 is 2.62 bits per heavy atom. The number of rotatable bonds is 4. The van der Waals surface area contributed by atoms with E-state index in [0.29, 0.717) is 10.9 Å². The van der Waals surface area contributed by atoms with Gasteiger partial charge in [-0.05, 0) is 24.0 Å². The van der Waals surface area contributed by atoms with Crippen LogP contribution in [0.25, 0.3) is 0 Å². The molecule has 0 atom stereocenters. The Hall–Kier alpha value is -1.51. The second kappa shape index (κ2) is 7.58. The first-order chi connectivity index (χ1) is 11.2. The molecule has 2 aromatic rings. The fourth-order valence-corrected chi connectivity index (χ4v) is 2.57. The van der Waals surface area contributed by atoms with Crippen molar-refractivity contribution in [3.05, 3.63) is 45.7 Å². The number of carbonyl (C=O) groups is 1. The molecule has 0 saturated carbocycles. The number of nitrogens with one attached hydrogen (secondary N) is 1. The maximum atomic E-state index is 12.8. The van der Waals surface area contributed by atoms with Gasteiger partial charge in [0.1, 0.15) is 0 Å². The smallest absolute Gasteiger partial charge is 0.319 e. The molecule has 0 radical (unpaired) electrons. The minimum absolute atomic E-state index is 0.0175. The Morgan fingerprint density at radius 2 is 2.00 bits per heavy atom. The summed E-state index contributed by atoms with van der Waals surface area (Å²) in [6, 6.07) is 2.63. The summed E-state index contributed by atoms with van der Waals surface area (Å²) < 4.78 is 38.3. The standard InChI is InChI=1S/C14H10Cl2F3N3OS/c1-2-24-13-20-6-9(16)11(22-13)12(23)21-10-5-7(14(17,18)19)3-4-8(10)15/h3-6H,2H2,1H3,(H,21,23). The van der Waals surface area contributed by atoms with Gasteiger partial charge in [-0.2, -0.15) is 13.2 Å². The van der Waals surface area contributed by atoms with Crippen LogP contribution in [0.15, 0.2) is 29.6 Å². The van der Waals surface area contributed by atoms with Gasteiger partial charge < -0.3 is 5.32 Å². The molecular formula is C14H10Cl2F3N3OS. The van der Waals surface area contributed by atoms with Gasteiger partial charge in [-0.25, -0.2) is 9.97 Å². The highest BCUT2D eigenvalue weighted by atomic mass is 35.5. The predicted molar refractivity (Wildman–Crippen MR) is 87.8 cm³/mol. The molecule has 0 spiro atoms. The lowest BCUT2D eigenvalue weighted by Crippen LogP contribution is -2.16. The topological polar surface area (TPSA) is 54.9 Å². The summed E-state index contributed by atoms with van der Waals surface area (Å²) in [5, 5.41) is 2.57. The van der Waals surface area contributed by atoms with Gasteiger partial charge in [-0.3, -0.25) is 4.79 Å². The minimum Gasteiger partial charge on any atom is -0.319 e. The minimum atomic E-state index is -4.55. The van der Waals surface area contributed by atoms with Crippen LogP contribution in [0, 0.1) is 0 Å². The van der Waals surface area contributed by atoms with Crippen molar-refractivity contribution in [2.45, 2.75) is 18.3 Å². The maximum absolute atomic E-state index is 12.8. The van der Waals surface area contributed by atoms with Crippen LogP contribution in [0.1, 0.15) is 23.0 Å². The van der Waals surface area contributed by atoms with Gasteiger partial charge in [-0.15, -0.1) is 0 Å². The van der Waals surface area contributed by atoms with Crippen LogP contribution < -0.4 is 5.32 Å². The van der Waals surface area contributed by atoms with Gasteiger partial charge in [-0.1, -0.05) is 41.9 Å². The van der Waals surface area contributed by atoms with Crippen molar-refractivity contribution in [2.24, 2.45) is 0 Å². The normalized spacial score (nSPS) is 11.4. The van der Waals surface area contributed by atoms with Crippen molar-refractivity contribution in [1.82, 2.24) is 9.97 Å². The van der Waals surface area contributed by atoms with E-state index in [2.05, 4.69) is 15.3 Å². The second-order valence-corrected chi connectivity index (χ2v) is 6.47. The average Bonchev–Trinajstić information content (AvgIpc) is 2.50. The van der Waals surface area contributed by atoms with Gasteiger partial charge >= 0.3 is 6.18 Å². The van der Waals surface area contributed by atoms with E-state index in [0.717, 1.165) is 18.2 Å². The van der Waals surface area contributed by atoms with E-state index in [1.54, 1.807) is 0 Å². The summed E-state index contributed by atoms with van der Waals surface area (Å²) >= 11 is 13.0. The summed E-state index contributed by atoms with van der Waals surface area (Å²) in [6.45, 7) is 1.88. The molecule has 128 valence electrons. The SMILES string of the molecule is CCSc1ncc(Cl)c(C(=O)Nc2cc(C(F)(F)F)ccc2Cl)n1. The lowest BCUT2D eigenvalue weighted by molar-refractivity contribution is -0.137. The first-order valence-electron chi connectivity index (χ1n) is 6.55. The van der Waals surface area contributed by atoms with E-state index in [9.17, 15) is 18.0 Å². The van der Waals surface area contributed by atoms with Crippen molar-refractivity contribution in [3.8, 4) is 0 Å². The highest BCUT2D eigenvalue weighted by Gasteiger charge is 2.31. The quantitative estimate of drug-likeness (QED) is 0.573. The summed E-state index contributed by atoms with van der Waals surface area (Å²) in [6.07, 6.45) is -3.29. The molecule has 0 unspecified atom stereocenters. The summed E-state index contributed by atoms with van der Waals surface area (Å²) in [5.74, 6) is -0.0936. The van der Waals surface area contributed by atoms with Gasteiger partial charge in [0.05, 0.1) is 27.5 Å². The molecule has 1 aromatic heterocycles. The number of thioether (sulfide) groups is 1. The third-order valence-corrected chi connectivity index (χ3v) is 4.10. The highest BCUT2D eigenvalue weighted by Crippen LogP contribution is 2.34. The Balaban J connectivity index is 2.31. The summed E-state index contributed by atoms with van der Waals surface area (Å²) in [5.41, 5.74) is -1.26. The number of nitrogens with zero attached hydrogens (tertiary/aromatic N) is 2. The molecule has 1 heterocycles. The number of carbonyl (C=O) groups excluding carboxylic acids is 1. The van der Waals surface area contributed by atoms with Gasteiger partial charge in [0.15, 0.2) is 10.9 Å². The molecule has 0 saturated heterocycles. The average molecular weight is 396 g/mol. The molecule has 1 aromatic carbocycles. The largest absolute Gasteiger partial charge is 0.416 e. The Kier molecular flexibility index (Phi) is 5.95. The van der Waals surface area contributed by atoms with E-state index in [1.807, 2.05) is 6.92 Å². The summed E-state index contributed by atoms with van der Waals surface area (Å²) in [4.78, 5) is 20.2. The van der Waals surface area contributed by atoms with Crippen LogP contribution in [0.3, 0.4) is 0 Å². The van der Waals surface area contributed by atoms with Crippen LogP contribution in [0.2, 0.25) is 10.0 Å². The van der Waals surface area contributed by atoms with Gasteiger partial charge in [0.2, 0.25) is 0 Å². The lowest BCUT2D eigenvalue weighted by Gasteiger charge is -2.12. The molecule has 24 heavy (non-hydrogen) atoms. The maximum Gasteiger partial charge on any atom is 0.416 e. The van der Waals surface area contributed by atoms with Crippen molar-refractivity contribution in [2.75, 3.05) is 11.1 Å². The molecule has 0 aliphatic heterocycles. The molecule has 1 N–H and O–H groups in total. The Labute approximate surface area is 149 Å². The molecule has 0 aliphatic carbocycles.